The second-order valence-electron chi connectivity index (χ2n) is 8.12. The highest BCUT2D eigenvalue weighted by atomic mass is 79.9. The molecule has 0 saturated carbocycles. The van der Waals surface area contributed by atoms with Gasteiger partial charge in [0.1, 0.15) is 0 Å². The Morgan fingerprint density at radius 3 is 2.69 bits per heavy atom. The molecule has 0 aromatic heterocycles. The van der Waals surface area contributed by atoms with Gasteiger partial charge >= 0.3 is 0 Å². The number of hydrazine groups is 1. The summed E-state index contributed by atoms with van der Waals surface area (Å²) in [5.41, 5.74) is 4.88. The third kappa shape index (κ3) is 2.25. The molecule has 1 aliphatic carbocycles. The monoisotopic (exact) mass is 408 g/mol. The molecule has 0 radical (unpaired) electrons. The van der Waals surface area contributed by atoms with Crippen LogP contribution in [0.2, 0.25) is 0 Å². The third-order valence-corrected chi connectivity index (χ3v) is 6.40. The van der Waals surface area contributed by atoms with E-state index in [4.69, 9.17) is 0 Å². The van der Waals surface area contributed by atoms with Crippen LogP contribution in [0, 0.1) is 5.92 Å². The number of carbonyl (C=O) groups is 1. The SMILES string of the molecule is CC1(C)CC(=O)N2/C(=C/c3ccccc3)C3Cc4ccc(Br)cc4C3N21. The van der Waals surface area contributed by atoms with Crippen LogP contribution in [0.4, 0.5) is 0 Å². The van der Waals surface area contributed by atoms with Crippen LogP contribution in [0.1, 0.15) is 43.0 Å². The molecule has 2 unspecified atom stereocenters. The van der Waals surface area contributed by atoms with E-state index in [0.29, 0.717) is 12.3 Å². The zero-order valence-corrected chi connectivity index (χ0v) is 16.5. The number of halogens is 1. The first-order valence-electron chi connectivity index (χ1n) is 9.13. The van der Waals surface area contributed by atoms with Crippen molar-refractivity contribution in [2.24, 2.45) is 5.92 Å². The molecule has 0 spiro atoms. The number of rotatable bonds is 1. The van der Waals surface area contributed by atoms with Crippen LogP contribution in [-0.4, -0.2) is 21.5 Å². The van der Waals surface area contributed by atoms with Crippen LogP contribution in [0.25, 0.3) is 6.08 Å². The number of hydrogen-bond acceptors (Lipinski definition) is 2. The first-order valence-corrected chi connectivity index (χ1v) is 9.92. The lowest BCUT2D eigenvalue weighted by molar-refractivity contribution is -0.134. The fourth-order valence-corrected chi connectivity index (χ4v) is 5.27. The van der Waals surface area contributed by atoms with E-state index in [1.54, 1.807) is 0 Å². The normalized spacial score (nSPS) is 27.7. The Bertz CT molecular complexity index is 934. The zero-order chi connectivity index (χ0) is 18.1. The van der Waals surface area contributed by atoms with Gasteiger partial charge in [0.15, 0.2) is 0 Å². The minimum atomic E-state index is -0.170. The smallest absolute Gasteiger partial charge is 0.243 e. The van der Waals surface area contributed by atoms with Crippen LogP contribution in [0.5, 0.6) is 0 Å². The van der Waals surface area contributed by atoms with Gasteiger partial charge in [-0.25, -0.2) is 5.01 Å². The lowest BCUT2D eigenvalue weighted by atomic mass is 9.92. The summed E-state index contributed by atoms with van der Waals surface area (Å²) in [6, 6.07) is 17.2. The predicted octanol–water partition coefficient (Wildman–Crippen LogP) is 4.95. The molecule has 0 bridgehead atoms. The van der Waals surface area contributed by atoms with Gasteiger partial charge in [0, 0.05) is 28.0 Å². The maximum Gasteiger partial charge on any atom is 0.243 e. The molecule has 2 aromatic carbocycles. The summed E-state index contributed by atoms with van der Waals surface area (Å²) in [4.78, 5) is 12.9. The molecular weight excluding hydrogens is 388 g/mol. The lowest BCUT2D eigenvalue weighted by Crippen LogP contribution is -2.43. The fourth-order valence-electron chi connectivity index (χ4n) is 4.89. The molecule has 5 rings (SSSR count). The fraction of sp³-hybridized carbons (Fsp3) is 0.318. The van der Waals surface area contributed by atoms with Crippen molar-refractivity contribution in [1.82, 2.24) is 10.0 Å². The molecule has 1 amide bonds. The van der Waals surface area contributed by atoms with Crippen LogP contribution < -0.4 is 0 Å². The second-order valence-corrected chi connectivity index (χ2v) is 9.03. The minimum Gasteiger partial charge on any atom is -0.273 e. The van der Waals surface area contributed by atoms with E-state index in [-0.39, 0.29) is 17.5 Å². The lowest BCUT2D eigenvalue weighted by Gasteiger charge is -2.35. The highest BCUT2D eigenvalue weighted by Gasteiger charge is 2.59. The van der Waals surface area contributed by atoms with Crippen molar-refractivity contribution in [3.63, 3.8) is 0 Å². The van der Waals surface area contributed by atoms with E-state index >= 15 is 0 Å². The molecule has 2 aliphatic heterocycles. The summed E-state index contributed by atoms with van der Waals surface area (Å²) in [6.07, 6.45) is 3.76. The van der Waals surface area contributed by atoms with Crippen LogP contribution >= 0.6 is 15.9 Å². The second kappa shape index (κ2) is 5.54. The maximum absolute atomic E-state index is 12.9. The summed E-state index contributed by atoms with van der Waals surface area (Å²) in [6.45, 7) is 4.37. The molecule has 0 N–H and O–H groups in total. The van der Waals surface area contributed by atoms with Crippen molar-refractivity contribution < 1.29 is 4.79 Å². The Balaban J connectivity index is 1.69. The van der Waals surface area contributed by atoms with Gasteiger partial charge in [0.05, 0.1) is 6.04 Å². The molecular formula is C22H21BrN2O. The number of nitrogens with zero attached hydrogens (tertiary/aromatic N) is 2. The Kier molecular flexibility index (Phi) is 3.47. The Morgan fingerprint density at radius 2 is 1.92 bits per heavy atom. The van der Waals surface area contributed by atoms with Gasteiger partial charge < -0.3 is 0 Å². The molecule has 2 atom stereocenters. The highest BCUT2D eigenvalue weighted by molar-refractivity contribution is 9.10. The summed E-state index contributed by atoms with van der Waals surface area (Å²) >= 11 is 3.63. The number of benzene rings is 2. The first kappa shape index (κ1) is 16.3. The van der Waals surface area contributed by atoms with E-state index in [2.05, 4.69) is 71.2 Å². The van der Waals surface area contributed by atoms with E-state index < -0.39 is 0 Å². The van der Waals surface area contributed by atoms with Crippen molar-refractivity contribution >= 4 is 27.9 Å². The maximum atomic E-state index is 12.9. The predicted molar refractivity (Wildman–Crippen MR) is 106 cm³/mol. The standard InChI is InChI=1S/C22H21BrN2O/c1-22(2)13-20(26)24-19(10-14-6-4-3-5-7-14)18-11-15-8-9-16(23)12-17(15)21(18)25(22)24/h3-10,12,18,21H,11,13H2,1-2H3/b19-10+. The summed E-state index contributed by atoms with van der Waals surface area (Å²) in [5.74, 6) is 0.533. The van der Waals surface area contributed by atoms with Gasteiger partial charge in [-0.05, 0) is 55.2 Å². The average molecular weight is 409 g/mol. The van der Waals surface area contributed by atoms with Crippen molar-refractivity contribution in [3.05, 3.63) is 75.4 Å². The number of hydrogen-bond donors (Lipinski definition) is 0. The van der Waals surface area contributed by atoms with Gasteiger partial charge in [0.2, 0.25) is 5.91 Å². The first-order chi connectivity index (χ1) is 12.5. The quantitative estimate of drug-likeness (QED) is 0.666. The van der Waals surface area contributed by atoms with Gasteiger partial charge in [-0.1, -0.05) is 52.3 Å². The van der Waals surface area contributed by atoms with Crippen molar-refractivity contribution in [2.75, 3.05) is 0 Å². The summed E-state index contributed by atoms with van der Waals surface area (Å²) in [7, 11) is 0. The van der Waals surface area contributed by atoms with Gasteiger partial charge in [-0.2, -0.15) is 5.01 Å². The molecule has 4 heteroatoms. The topological polar surface area (TPSA) is 23.6 Å². The molecule has 3 nitrogen and oxygen atoms in total. The highest BCUT2D eigenvalue weighted by Crippen LogP contribution is 2.57. The molecule has 3 aliphatic rings. The number of carbonyl (C=O) groups excluding carboxylic acids is 1. The van der Waals surface area contributed by atoms with Crippen LogP contribution in [0.15, 0.2) is 58.7 Å². The van der Waals surface area contributed by atoms with Crippen molar-refractivity contribution in [2.45, 2.75) is 38.3 Å². The van der Waals surface area contributed by atoms with E-state index in [1.807, 2.05) is 23.2 Å². The number of fused-ring (bicyclic) bond motifs is 5. The van der Waals surface area contributed by atoms with Crippen LogP contribution in [0.3, 0.4) is 0 Å². The molecule has 26 heavy (non-hydrogen) atoms. The summed E-state index contributed by atoms with van der Waals surface area (Å²) in [5, 5.41) is 4.32. The van der Waals surface area contributed by atoms with Gasteiger partial charge in [0.25, 0.3) is 0 Å². The van der Waals surface area contributed by atoms with Crippen molar-refractivity contribution in [1.29, 1.82) is 0 Å². The summed E-state index contributed by atoms with van der Waals surface area (Å²) < 4.78 is 1.10. The average Bonchev–Trinajstić information content (AvgIpc) is 3.18. The molecule has 132 valence electrons. The van der Waals surface area contributed by atoms with Gasteiger partial charge in [-0.3, -0.25) is 4.79 Å². The molecule has 2 aromatic rings. The van der Waals surface area contributed by atoms with E-state index in [1.165, 1.54) is 11.1 Å². The third-order valence-electron chi connectivity index (χ3n) is 5.91. The zero-order valence-electron chi connectivity index (χ0n) is 14.9. The van der Waals surface area contributed by atoms with Gasteiger partial charge in [-0.15, -0.1) is 0 Å². The molecule has 2 fully saturated rings. The molecule has 2 heterocycles. The van der Waals surface area contributed by atoms with E-state index in [0.717, 1.165) is 22.2 Å². The Hall–Kier alpha value is -1.91. The van der Waals surface area contributed by atoms with E-state index in [9.17, 15) is 4.79 Å². The van der Waals surface area contributed by atoms with Crippen LogP contribution in [-0.2, 0) is 11.2 Å². The Labute approximate surface area is 162 Å². The largest absolute Gasteiger partial charge is 0.273 e. The molecule has 2 saturated heterocycles. The minimum absolute atomic E-state index is 0.170. The number of amides is 1. The van der Waals surface area contributed by atoms with Crippen molar-refractivity contribution in [3.8, 4) is 0 Å². The Morgan fingerprint density at radius 1 is 1.15 bits per heavy atom.